The predicted octanol–water partition coefficient (Wildman–Crippen LogP) is 5.21. The fourth-order valence-electron chi connectivity index (χ4n) is 2.78. The number of carbonyl (C=O) groups is 1. The number of carbonyl (C=O) groups excluding carboxylic acids is 1. The summed E-state index contributed by atoms with van der Waals surface area (Å²) in [5, 5.41) is 10.5. The molecule has 0 atom stereocenters. The lowest BCUT2D eigenvalue weighted by Crippen LogP contribution is -2.27. The van der Waals surface area contributed by atoms with E-state index in [1.54, 1.807) is 32.9 Å². The number of esters is 1. The molecule has 0 amide bonds. The van der Waals surface area contributed by atoms with Crippen LogP contribution < -0.4 is 4.74 Å². The second-order valence-electron chi connectivity index (χ2n) is 7.44. The van der Waals surface area contributed by atoms with Crippen LogP contribution in [0.3, 0.4) is 0 Å². The summed E-state index contributed by atoms with van der Waals surface area (Å²) >= 11 is 0. The fraction of sp³-hybridized carbons (Fsp3) is 0.208. The maximum Gasteiger partial charge on any atom is 0.344 e. The Morgan fingerprint density at radius 2 is 1.41 bits per heavy atom. The van der Waals surface area contributed by atoms with Gasteiger partial charge in [0.15, 0.2) is 32.8 Å². The van der Waals surface area contributed by atoms with Crippen LogP contribution in [0, 0.1) is 0 Å². The van der Waals surface area contributed by atoms with Gasteiger partial charge in [0.2, 0.25) is 0 Å². The molecule has 0 saturated heterocycles. The summed E-state index contributed by atoms with van der Waals surface area (Å²) in [5.74, 6) is -0.228. The van der Waals surface area contributed by atoms with Gasteiger partial charge in [-0.2, -0.15) is 0 Å². The van der Waals surface area contributed by atoms with Crippen molar-refractivity contribution in [2.24, 2.45) is 0 Å². The molecular formula is C24H25O4S+. The van der Waals surface area contributed by atoms with Crippen molar-refractivity contribution < 1.29 is 19.4 Å². The van der Waals surface area contributed by atoms with E-state index in [1.807, 2.05) is 42.5 Å². The number of rotatable bonds is 6. The molecule has 0 bridgehead atoms. The van der Waals surface area contributed by atoms with E-state index < -0.39 is 11.6 Å². The average molecular weight is 410 g/mol. The van der Waals surface area contributed by atoms with Crippen molar-refractivity contribution in [3.8, 4) is 11.5 Å². The molecule has 4 nitrogen and oxygen atoms in total. The first-order valence-corrected chi connectivity index (χ1v) is 10.6. The molecule has 0 spiro atoms. The minimum atomic E-state index is -0.577. The maximum absolute atomic E-state index is 11.9. The number of aromatic hydroxyl groups is 1. The zero-order valence-corrected chi connectivity index (χ0v) is 17.6. The number of phenolic OH excluding ortho intramolecular Hbond substituents is 1. The summed E-state index contributed by atoms with van der Waals surface area (Å²) in [4.78, 5) is 15.1. The highest BCUT2D eigenvalue weighted by atomic mass is 32.2. The van der Waals surface area contributed by atoms with Crippen LogP contribution in [0.2, 0.25) is 0 Å². The zero-order chi connectivity index (χ0) is 20.9. The number of phenols is 1. The van der Waals surface area contributed by atoms with Gasteiger partial charge in [-0.05, 0) is 57.2 Å². The Morgan fingerprint density at radius 3 is 1.90 bits per heavy atom. The molecule has 3 aromatic rings. The molecule has 29 heavy (non-hydrogen) atoms. The lowest BCUT2D eigenvalue weighted by Gasteiger charge is -2.19. The van der Waals surface area contributed by atoms with Crippen molar-refractivity contribution in [3.63, 3.8) is 0 Å². The Labute approximate surface area is 174 Å². The van der Waals surface area contributed by atoms with Crippen molar-refractivity contribution in [2.45, 2.75) is 41.1 Å². The molecule has 0 aromatic heterocycles. The molecule has 0 saturated carbocycles. The fourth-order valence-corrected chi connectivity index (χ4v) is 4.88. The second-order valence-corrected chi connectivity index (χ2v) is 9.46. The van der Waals surface area contributed by atoms with Crippen LogP contribution in [-0.4, -0.2) is 23.3 Å². The topological polar surface area (TPSA) is 55.8 Å². The third-order valence-corrected chi connectivity index (χ3v) is 6.10. The largest absolute Gasteiger partial charge is 0.504 e. The summed E-state index contributed by atoms with van der Waals surface area (Å²) < 4.78 is 10.7. The van der Waals surface area contributed by atoms with Crippen molar-refractivity contribution in [3.05, 3.63) is 78.9 Å². The molecule has 3 aromatic carbocycles. The van der Waals surface area contributed by atoms with Gasteiger partial charge >= 0.3 is 5.97 Å². The molecule has 0 aliphatic carbocycles. The second kappa shape index (κ2) is 9.05. The molecule has 0 radical (unpaired) electrons. The van der Waals surface area contributed by atoms with Crippen molar-refractivity contribution in [1.29, 1.82) is 0 Å². The van der Waals surface area contributed by atoms with E-state index in [0.29, 0.717) is 0 Å². The molecule has 3 rings (SSSR count). The molecule has 0 unspecified atom stereocenters. The number of benzene rings is 3. The van der Waals surface area contributed by atoms with Gasteiger partial charge in [-0.3, -0.25) is 0 Å². The number of ether oxygens (including phenoxy) is 2. The van der Waals surface area contributed by atoms with Crippen molar-refractivity contribution in [1.82, 2.24) is 0 Å². The van der Waals surface area contributed by atoms with Gasteiger partial charge in [0, 0.05) is 6.07 Å². The summed E-state index contributed by atoms with van der Waals surface area (Å²) in [6, 6.07) is 25.7. The average Bonchev–Trinajstić information content (AvgIpc) is 2.68. The van der Waals surface area contributed by atoms with Crippen LogP contribution in [0.4, 0.5) is 0 Å². The Bertz CT molecular complexity index is 910. The van der Waals surface area contributed by atoms with Gasteiger partial charge in [-0.25, -0.2) is 4.79 Å². The summed E-state index contributed by atoms with van der Waals surface area (Å²) in [7, 11) is -0.366. The highest BCUT2D eigenvalue weighted by Crippen LogP contribution is 2.36. The predicted molar refractivity (Wildman–Crippen MR) is 114 cm³/mol. The molecule has 0 heterocycles. The Balaban J connectivity index is 1.84. The van der Waals surface area contributed by atoms with Crippen LogP contribution in [0.25, 0.3) is 0 Å². The lowest BCUT2D eigenvalue weighted by atomic mass is 10.2. The molecule has 150 valence electrons. The van der Waals surface area contributed by atoms with Crippen molar-refractivity contribution in [2.75, 3.05) is 6.61 Å². The zero-order valence-electron chi connectivity index (χ0n) is 16.8. The third-order valence-electron chi connectivity index (χ3n) is 3.89. The first kappa shape index (κ1) is 20.8. The third kappa shape index (κ3) is 5.78. The van der Waals surface area contributed by atoms with Crippen LogP contribution in [-0.2, 0) is 20.4 Å². The standard InChI is InChI=1S/C24H24O4S/c1-24(2,3)28-23(26)17-27-22-15-14-20(16-21(22)25)29(18-10-6-4-7-11-18)19-12-8-5-9-13-19/h4-16H,17H2,1-3H3/p+1. The number of hydrogen-bond acceptors (Lipinski definition) is 4. The van der Waals surface area contributed by atoms with Gasteiger partial charge < -0.3 is 14.6 Å². The van der Waals surface area contributed by atoms with Gasteiger partial charge in [0.25, 0.3) is 0 Å². The van der Waals surface area contributed by atoms with Gasteiger partial charge in [0.05, 0.1) is 10.9 Å². The van der Waals surface area contributed by atoms with Gasteiger partial charge in [0.1, 0.15) is 5.60 Å². The minimum absolute atomic E-state index is 0.00424. The van der Waals surface area contributed by atoms with E-state index in [1.165, 1.54) is 0 Å². The molecule has 5 heteroatoms. The Morgan fingerprint density at radius 1 is 0.862 bits per heavy atom. The minimum Gasteiger partial charge on any atom is -0.504 e. The first-order chi connectivity index (χ1) is 13.8. The highest BCUT2D eigenvalue weighted by molar-refractivity contribution is 7.97. The molecule has 0 aliphatic rings. The quantitative estimate of drug-likeness (QED) is 0.449. The van der Waals surface area contributed by atoms with Crippen LogP contribution in [0.1, 0.15) is 20.8 Å². The molecule has 0 aliphatic heterocycles. The molecule has 1 N–H and O–H groups in total. The highest BCUT2D eigenvalue weighted by Gasteiger charge is 2.29. The first-order valence-electron chi connectivity index (χ1n) is 9.35. The Kier molecular flexibility index (Phi) is 6.49. The molecular weight excluding hydrogens is 384 g/mol. The Hall–Kier alpha value is -2.92. The summed E-state index contributed by atoms with van der Waals surface area (Å²) in [6.45, 7) is 5.13. The van der Waals surface area contributed by atoms with Crippen LogP contribution >= 0.6 is 0 Å². The van der Waals surface area contributed by atoms with E-state index in [4.69, 9.17) is 9.47 Å². The maximum atomic E-state index is 11.9. The van der Waals surface area contributed by atoms with Crippen LogP contribution in [0.15, 0.2) is 93.5 Å². The van der Waals surface area contributed by atoms with E-state index in [0.717, 1.165) is 14.7 Å². The molecule has 0 fully saturated rings. The smallest absolute Gasteiger partial charge is 0.344 e. The van der Waals surface area contributed by atoms with Gasteiger partial charge in [-0.1, -0.05) is 36.4 Å². The number of hydrogen-bond donors (Lipinski definition) is 1. The summed E-state index contributed by atoms with van der Waals surface area (Å²) in [6.07, 6.45) is 0. The van der Waals surface area contributed by atoms with Crippen molar-refractivity contribution >= 4 is 16.9 Å². The normalized spacial score (nSPS) is 11.3. The van der Waals surface area contributed by atoms with Crippen LogP contribution in [0.5, 0.6) is 11.5 Å². The van der Waals surface area contributed by atoms with E-state index in [-0.39, 0.29) is 29.0 Å². The van der Waals surface area contributed by atoms with E-state index in [9.17, 15) is 9.90 Å². The monoisotopic (exact) mass is 409 g/mol. The van der Waals surface area contributed by atoms with E-state index in [2.05, 4.69) is 24.3 Å². The SMILES string of the molecule is CC(C)(C)OC(=O)COc1ccc([S+](c2ccccc2)c2ccccc2)cc1O. The summed E-state index contributed by atoms with van der Waals surface area (Å²) in [5.41, 5.74) is -0.577. The van der Waals surface area contributed by atoms with Gasteiger partial charge in [-0.15, -0.1) is 0 Å². The lowest BCUT2D eigenvalue weighted by molar-refractivity contribution is -0.157. The van der Waals surface area contributed by atoms with E-state index >= 15 is 0 Å².